The summed E-state index contributed by atoms with van der Waals surface area (Å²) in [6.07, 6.45) is 2.33. The summed E-state index contributed by atoms with van der Waals surface area (Å²) in [6, 6.07) is 4.33. The number of carbonyl (C=O) groups excluding carboxylic acids is 1. The highest BCUT2D eigenvalue weighted by atomic mass is 32.2. The summed E-state index contributed by atoms with van der Waals surface area (Å²) in [5, 5.41) is 11.5. The monoisotopic (exact) mass is 269 g/mol. The Labute approximate surface area is 110 Å². The zero-order valence-electron chi connectivity index (χ0n) is 10.2. The second kappa shape index (κ2) is 6.90. The van der Waals surface area contributed by atoms with E-state index in [0.717, 1.165) is 5.75 Å². The van der Waals surface area contributed by atoms with Gasteiger partial charge in [-0.3, -0.25) is 4.79 Å². The Morgan fingerprint density at radius 3 is 2.72 bits per heavy atom. The van der Waals surface area contributed by atoms with Crippen LogP contribution in [0.3, 0.4) is 0 Å². The number of aromatic carboxylic acids is 1. The van der Waals surface area contributed by atoms with E-state index in [0.29, 0.717) is 17.9 Å². The molecular formula is C12H15NO4S. The van der Waals surface area contributed by atoms with Gasteiger partial charge in [0.15, 0.2) is 0 Å². The van der Waals surface area contributed by atoms with Gasteiger partial charge in [0, 0.05) is 12.2 Å². The topological polar surface area (TPSA) is 75.6 Å². The molecule has 5 nitrogen and oxygen atoms in total. The van der Waals surface area contributed by atoms with Gasteiger partial charge in [-0.25, -0.2) is 4.79 Å². The second-order valence-electron chi connectivity index (χ2n) is 3.51. The molecule has 0 heterocycles. The molecule has 0 atom stereocenters. The smallest absolute Gasteiger partial charge is 0.335 e. The van der Waals surface area contributed by atoms with Crippen LogP contribution in [0.5, 0.6) is 5.75 Å². The van der Waals surface area contributed by atoms with E-state index < -0.39 is 5.97 Å². The fourth-order valence-electron chi connectivity index (χ4n) is 1.33. The van der Waals surface area contributed by atoms with E-state index >= 15 is 0 Å². The van der Waals surface area contributed by atoms with Crippen LogP contribution in [0.25, 0.3) is 0 Å². The summed E-state index contributed by atoms with van der Waals surface area (Å²) in [6.45, 7) is 0. The third-order valence-electron chi connectivity index (χ3n) is 2.26. The molecule has 1 aromatic carbocycles. The Kier molecular flexibility index (Phi) is 5.51. The number of thioether (sulfide) groups is 1. The number of nitrogens with one attached hydrogen (secondary N) is 1. The average Bonchev–Trinajstić information content (AvgIpc) is 2.36. The number of ether oxygens (including phenoxy) is 1. The van der Waals surface area contributed by atoms with Gasteiger partial charge in [-0.1, -0.05) is 0 Å². The Morgan fingerprint density at radius 1 is 1.44 bits per heavy atom. The van der Waals surface area contributed by atoms with Crippen LogP contribution in [0.15, 0.2) is 18.2 Å². The number of anilines is 1. The van der Waals surface area contributed by atoms with Crippen LogP contribution < -0.4 is 10.1 Å². The Bertz CT molecular complexity index is 448. The van der Waals surface area contributed by atoms with Crippen molar-refractivity contribution in [3.63, 3.8) is 0 Å². The maximum absolute atomic E-state index is 11.6. The maximum atomic E-state index is 11.6. The number of amides is 1. The van der Waals surface area contributed by atoms with Crippen LogP contribution in [0, 0.1) is 0 Å². The van der Waals surface area contributed by atoms with Crippen LogP contribution >= 0.6 is 11.8 Å². The van der Waals surface area contributed by atoms with Crippen molar-refractivity contribution in [3.8, 4) is 5.75 Å². The molecule has 1 aromatic rings. The van der Waals surface area contributed by atoms with E-state index in [-0.39, 0.29) is 11.5 Å². The number of hydrogen-bond acceptors (Lipinski definition) is 4. The average molecular weight is 269 g/mol. The summed E-state index contributed by atoms with van der Waals surface area (Å²) in [5.74, 6) is -0.0758. The lowest BCUT2D eigenvalue weighted by atomic mass is 10.2. The van der Waals surface area contributed by atoms with Crippen LogP contribution in [0.4, 0.5) is 5.69 Å². The molecule has 0 saturated heterocycles. The summed E-state index contributed by atoms with van der Waals surface area (Å²) in [4.78, 5) is 22.4. The number of methoxy groups -OCH3 is 1. The van der Waals surface area contributed by atoms with Crippen LogP contribution in [-0.2, 0) is 4.79 Å². The normalized spacial score (nSPS) is 9.89. The molecule has 0 saturated carbocycles. The number of carbonyl (C=O) groups is 2. The van der Waals surface area contributed by atoms with Gasteiger partial charge in [-0.2, -0.15) is 11.8 Å². The van der Waals surface area contributed by atoms with Crippen LogP contribution in [0.2, 0.25) is 0 Å². The molecule has 18 heavy (non-hydrogen) atoms. The Balaban J connectivity index is 2.82. The highest BCUT2D eigenvalue weighted by molar-refractivity contribution is 7.98. The summed E-state index contributed by atoms with van der Waals surface area (Å²) < 4.78 is 5.06. The number of benzene rings is 1. The van der Waals surface area contributed by atoms with E-state index in [9.17, 15) is 9.59 Å². The minimum atomic E-state index is -1.03. The first-order valence-corrected chi connectivity index (χ1v) is 6.68. The van der Waals surface area contributed by atoms with Gasteiger partial charge in [0.25, 0.3) is 0 Å². The minimum absolute atomic E-state index is 0.119. The largest absolute Gasteiger partial charge is 0.495 e. The predicted octanol–water partition coefficient (Wildman–Crippen LogP) is 2.08. The molecule has 0 aliphatic heterocycles. The second-order valence-corrected chi connectivity index (χ2v) is 4.50. The van der Waals surface area contributed by atoms with Gasteiger partial charge in [-0.05, 0) is 24.5 Å². The number of hydrogen-bond donors (Lipinski definition) is 2. The third kappa shape index (κ3) is 3.96. The first-order chi connectivity index (χ1) is 8.58. The molecule has 98 valence electrons. The van der Waals surface area contributed by atoms with Crippen molar-refractivity contribution in [2.75, 3.05) is 24.4 Å². The molecule has 2 N–H and O–H groups in total. The van der Waals surface area contributed by atoms with E-state index in [1.165, 1.54) is 25.3 Å². The Morgan fingerprint density at radius 2 is 2.17 bits per heavy atom. The van der Waals surface area contributed by atoms with E-state index in [1.807, 2.05) is 6.26 Å². The van der Waals surface area contributed by atoms with Gasteiger partial charge in [0.2, 0.25) is 5.91 Å². The lowest BCUT2D eigenvalue weighted by Crippen LogP contribution is -2.13. The van der Waals surface area contributed by atoms with Crippen molar-refractivity contribution in [2.24, 2.45) is 0 Å². The van der Waals surface area contributed by atoms with Gasteiger partial charge in [0.05, 0.1) is 18.4 Å². The van der Waals surface area contributed by atoms with Crippen LogP contribution in [-0.4, -0.2) is 36.1 Å². The molecular weight excluding hydrogens is 254 g/mol. The Hall–Kier alpha value is -1.69. The van der Waals surface area contributed by atoms with Crippen molar-refractivity contribution in [1.29, 1.82) is 0 Å². The first-order valence-electron chi connectivity index (χ1n) is 5.28. The van der Waals surface area contributed by atoms with Crippen molar-refractivity contribution in [1.82, 2.24) is 0 Å². The highest BCUT2D eigenvalue weighted by Crippen LogP contribution is 2.25. The van der Waals surface area contributed by atoms with E-state index in [2.05, 4.69) is 5.32 Å². The number of carboxylic acid groups (broad SMARTS) is 1. The SMILES string of the molecule is COc1cc(C(=O)O)ccc1NC(=O)CCSC. The van der Waals surface area contributed by atoms with Gasteiger partial charge in [0.1, 0.15) is 5.75 Å². The molecule has 6 heteroatoms. The first kappa shape index (κ1) is 14.4. The standard InChI is InChI=1S/C12H15NO4S/c1-17-10-7-8(12(15)16)3-4-9(10)13-11(14)5-6-18-2/h3-4,7H,5-6H2,1-2H3,(H,13,14)(H,15,16). The predicted molar refractivity (Wildman–Crippen MR) is 71.6 cm³/mol. The molecule has 0 aliphatic carbocycles. The highest BCUT2D eigenvalue weighted by Gasteiger charge is 2.11. The van der Waals surface area contributed by atoms with Crippen molar-refractivity contribution >= 4 is 29.3 Å². The van der Waals surface area contributed by atoms with Crippen molar-refractivity contribution in [2.45, 2.75) is 6.42 Å². The van der Waals surface area contributed by atoms with E-state index in [1.54, 1.807) is 11.8 Å². The zero-order valence-corrected chi connectivity index (χ0v) is 11.0. The molecule has 0 aliphatic rings. The molecule has 0 aromatic heterocycles. The van der Waals surface area contributed by atoms with Crippen molar-refractivity contribution in [3.05, 3.63) is 23.8 Å². The van der Waals surface area contributed by atoms with Gasteiger partial charge >= 0.3 is 5.97 Å². The van der Waals surface area contributed by atoms with Gasteiger partial charge < -0.3 is 15.2 Å². The fraction of sp³-hybridized carbons (Fsp3) is 0.333. The molecule has 1 rings (SSSR count). The molecule has 1 amide bonds. The van der Waals surface area contributed by atoms with Gasteiger partial charge in [-0.15, -0.1) is 0 Å². The lowest BCUT2D eigenvalue weighted by Gasteiger charge is -2.10. The molecule has 0 fully saturated rings. The molecule has 0 bridgehead atoms. The fourth-order valence-corrected chi connectivity index (χ4v) is 1.72. The summed E-state index contributed by atoms with van der Waals surface area (Å²) >= 11 is 1.59. The molecule has 0 unspecified atom stereocenters. The summed E-state index contributed by atoms with van der Waals surface area (Å²) in [5.41, 5.74) is 0.600. The van der Waals surface area contributed by atoms with Crippen LogP contribution in [0.1, 0.15) is 16.8 Å². The maximum Gasteiger partial charge on any atom is 0.335 e. The third-order valence-corrected chi connectivity index (χ3v) is 2.87. The zero-order chi connectivity index (χ0) is 13.5. The minimum Gasteiger partial charge on any atom is -0.495 e. The number of rotatable bonds is 6. The summed E-state index contributed by atoms with van der Waals surface area (Å²) in [7, 11) is 1.43. The number of carboxylic acids is 1. The molecule has 0 spiro atoms. The van der Waals surface area contributed by atoms with Crippen molar-refractivity contribution < 1.29 is 19.4 Å². The lowest BCUT2D eigenvalue weighted by molar-refractivity contribution is -0.115. The van der Waals surface area contributed by atoms with E-state index in [4.69, 9.17) is 9.84 Å². The quantitative estimate of drug-likeness (QED) is 0.827. The molecule has 0 radical (unpaired) electrons.